The van der Waals surface area contributed by atoms with Crippen LogP contribution in [0.3, 0.4) is 0 Å². The molecule has 1 unspecified atom stereocenters. The third-order valence-corrected chi connectivity index (χ3v) is 3.97. The van der Waals surface area contributed by atoms with Crippen molar-refractivity contribution in [2.45, 2.75) is 39.2 Å². The summed E-state index contributed by atoms with van der Waals surface area (Å²) in [5.41, 5.74) is 2.09. The topological polar surface area (TPSA) is 55.4 Å². The first-order chi connectivity index (χ1) is 11.7. The number of esters is 1. The van der Waals surface area contributed by atoms with Crippen LogP contribution in [-0.2, 0) is 14.9 Å². The SMILES string of the molecule is CC(OC(=O)c1ccc(C(C)(C)C)cc1)C(=O)Nc1cccc(Cl)c1. The van der Waals surface area contributed by atoms with E-state index in [-0.39, 0.29) is 5.41 Å². The van der Waals surface area contributed by atoms with E-state index in [1.165, 1.54) is 6.92 Å². The number of hydrogen-bond donors (Lipinski definition) is 1. The Morgan fingerprint density at radius 1 is 1.08 bits per heavy atom. The molecule has 0 fully saturated rings. The zero-order chi connectivity index (χ0) is 18.6. The van der Waals surface area contributed by atoms with Crippen molar-refractivity contribution in [3.8, 4) is 0 Å². The van der Waals surface area contributed by atoms with Crippen molar-refractivity contribution in [1.82, 2.24) is 0 Å². The Balaban J connectivity index is 1.98. The Morgan fingerprint density at radius 2 is 1.72 bits per heavy atom. The van der Waals surface area contributed by atoms with Gasteiger partial charge in [0.05, 0.1) is 5.56 Å². The zero-order valence-electron chi connectivity index (χ0n) is 14.8. The average Bonchev–Trinajstić information content (AvgIpc) is 2.54. The number of nitrogens with one attached hydrogen (secondary N) is 1. The Bertz CT molecular complexity index is 763. The third-order valence-electron chi connectivity index (χ3n) is 3.73. The molecule has 1 amide bonds. The first kappa shape index (κ1) is 19.0. The van der Waals surface area contributed by atoms with Gasteiger partial charge in [0.25, 0.3) is 5.91 Å². The van der Waals surface area contributed by atoms with Gasteiger partial charge in [-0.25, -0.2) is 4.79 Å². The molecule has 0 aromatic heterocycles. The molecule has 0 saturated carbocycles. The van der Waals surface area contributed by atoms with Crippen molar-refractivity contribution < 1.29 is 14.3 Å². The predicted octanol–water partition coefficient (Wildman–Crippen LogP) is 4.82. The van der Waals surface area contributed by atoms with Gasteiger partial charge in [0.15, 0.2) is 6.10 Å². The van der Waals surface area contributed by atoms with Crippen LogP contribution in [0.25, 0.3) is 0 Å². The van der Waals surface area contributed by atoms with Gasteiger partial charge in [-0.3, -0.25) is 4.79 Å². The van der Waals surface area contributed by atoms with Crippen LogP contribution in [0.4, 0.5) is 5.69 Å². The summed E-state index contributed by atoms with van der Waals surface area (Å²) in [6.07, 6.45) is -0.922. The molecule has 0 spiro atoms. The molecule has 1 atom stereocenters. The van der Waals surface area contributed by atoms with Crippen molar-refractivity contribution in [1.29, 1.82) is 0 Å². The van der Waals surface area contributed by atoms with Gasteiger partial charge in [0.2, 0.25) is 0 Å². The highest BCUT2D eigenvalue weighted by Gasteiger charge is 2.20. The van der Waals surface area contributed by atoms with Crippen molar-refractivity contribution in [3.63, 3.8) is 0 Å². The number of ether oxygens (including phenoxy) is 1. The maximum Gasteiger partial charge on any atom is 0.338 e. The van der Waals surface area contributed by atoms with E-state index >= 15 is 0 Å². The predicted molar refractivity (Wildman–Crippen MR) is 100 cm³/mol. The molecular formula is C20H22ClNO3. The molecule has 0 aliphatic carbocycles. The zero-order valence-corrected chi connectivity index (χ0v) is 15.6. The summed E-state index contributed by atoms with van der Waals surface area (Å²) in [4.78, 5) is 24.3. The van der Waals surface area contributed by atoms with Crippen LogP contribution in [0.5, 0.6) is 0 Å². The number of rotatable bonds is 4. The minimum absolute atomic E-state index is 0.00652. The van der Waals surface area contributed by atoms with Crippen molar-refractivity contribution in [2.75, 3.05) is 5.32 Å². The molecule has 5 heteroatoms. The number of carbonyl (C=O) groups excluding carboxylic acids is 2. The second-order valence-electron chi connectivity index (χ2n) is 6.87. The molecule has 2 aromatic rings. The summed E-state index contributed by atoms with van der Waals surface area (Å²) >= 11 is 5.88. The molecule has 2 aromatic carbocycles. The van der Waals surface area contributed by atoms with Crippen LogP contribution in [0, 0.1) is 0 Å². The second-order valence-corrected chi connectivity index (χ2v) is 7.31. The Labute approximate surface area is 153 Å². The van der Waals surface area contributed by atoms with E-state index in [1.807, 2.05) is 12.1 Å². The number of amides is 1. The van der Waals surface area contributed by atoms with E-state index in [0.29, 0.717) is 16.3 Å². The molecule has 0 saturated heterocycles. The first-order valence-corrected chi connectivity index (χ1v) is 8.42. The van der Waals surface area contributed by atoms with Gasteiger partial charge in [0.1, 0.15) is 0 Å². The quantitative estimate of drug-likeness (QED) is 0.796. The van der Waals surface area contributed by atoms with Crippen LogP contribution in [0.2, 0.25) is 5.02 Å². The second kappa shape index (κ2) is 7.70. The standard InChI is InChI=1S/C20H22ClNO3/c1-13(18(23)22-17-7-5-6-16(21)12-17)25-19(24)14-8-10-15(11-9-14)20(2,3)4/h5-13H,1-4H3,(H,22,23). The number of hydrogen-bond acceptors (Lipinski definition) is 3. The smallest absolute Gasteiger partial charge is 0.338 e. The highest BCUT2D eigenvalue weighted by molar-refractivity contribution is 6.30. The fourth-order valence-electron chi connectivity index (χ4n) is 2.20. The molecule has 0 aliphatic rings. The largest absolute Gasteiger partial charge is 0.449 e. The third kappa shape index (κ3) is 5.33. The summed E-state index contributed by atoms with van der Waals surface area (Å²) in [5.74, 6) is -0.948. The fourth-order valence-corrected chi connectivity index (χ4v) is 2.39. The lowest BCUT2D eigenvalue weighted by atomic mass is 9.87. The van der Waals surface area contributed by atoms with Crippen LogP contribution >= 0.6 is 11.6 Å². The summed E-state index contributed by atoms with van der Waals surface area (Å²) in [6, 6.07) is 14.0. The average molecular weight is 360 g/mol. The number of benzene rings is 2. The molecule has 25 heavy (non-hydrogen) atoms. The maximum absolute atomic E-state index is 12.2. The van der Waals surface area contributed by atoms with E-state index in [4.69, 9.17) is 16.3 Å². The van der Waals surface area contributed by atoms with Gasteiger partial charge in [-0.15, -0.1) is 0 Å². The number of halogens is 1. The van der Waals surface area contributed by atoms with Crippen molar-refractivity contribution in [3.05, 3.63) is 64.7 Å². The lowest BCUT2D eigenvalue weighted by molar-refractivity contribution is -0.123. The van der Waals surface area contributed by atoms with E-state index in [0.717, 1.165) is 5.56 Å². The van der Waals surface area contributed by atoms with Gasteiger partial charge in [0, 0.05) is 10.7 Å². The normalized spacial score (nSPS) is 12.4. The van der Waals surface area contributed by atoms with Crippen LogP contribution in [0.1, 0.15) is 43.6 Å². The monoisotopic (exact) mass is 359 g/mol. The molecule has 4 nitrogen and oxygen atoms in total. The summed E-state index contributed by atoms with van der Waals surface area (Å²) in [6.45, 7) is 7.83. The highest BCUT2D eigenvalue weighted by atomic mass is 35.5. The summed E-state index contributed by atoms with van der Waals surface area (Å²) in [5, 5.41) is 3.18. The first-order valence-electron chi connectivity index (χ1n) is 8.05. The van der Waals surface area contributed by atoms with E-state index in [2.05, 4.69) is 26.1 Å². The Hall–Kier alpha value is -2.33. The van der Waals surface area contributed by atoms with Gasteiger partial charge < -0.3 is 10.1 Å². The molecule has 0 heterocycles. The van der Waals surface area contributed by atoms with Gasteiger partial charge in [-0.1, -0.05) is 50.6 Å². The van der Waals surface area contributed by atoms with Crippen LogP contribution < -0.4 is 5.32 Å². The van der Waals surface area contributed by atoms with Crippen LogP contribution in [0.15, 0.2) is 48.5 Å². The van der Waals surface area contributed by atoms with E-state index < -0.39 is 18.0 Å². The number of anilines is 1. The lowest BCUT2D eigenvalue weighted by Crippen LogP contribution is -2.30. The fraction of sp³-hybridized carbons (Fsp3) is 0.300. The molecule has 2 rings (SSSR count). The lowest BCUT2D eigenvalue weighted by Gasteiger charge is -2.19. The van der Waals surface area contributed by atoms with Gasteiger partial charge in [-0.05, 0) is 48.2 Å². The Kier molecular flexibility index (Phi) is 5.85. The Morgan fingerprint density at radius 3 is 2.28 bits per heavy atom. The van der Waals surface area contributed by atoms with Crippen LogP contribution in [-0.4, -0.2) is 18.0 Å². The minimum Gasteiger partial charge on any atom is -0.449 e. The molecule has 0 bridgehead atoms. The number of carbonyl (C=O) groups is 2. The molecule has 0 aliphatic heterocycles. The van der Waals surface area contributed by atoms with Gasteiger partial charge in [-0.2, -0.15) is 0 Å². The summed E-state index contributed by atoms with van der Waals surface area (Å²) in [7, 11) is 0. The van der Waals surface area contributed by atoms with E-state index in [9.17, 15) is 9.59 Å². The summed E-state index contributed by atoms with van der Waals surface area (Å²) < 4.78 is 5.24. The molecule has 1 N–H and O–H groups in total. The highest BCUT2D eigenvalue weighted by Crippen LogP contribution is 2.22. The van der Waals surface area contributed by atoms with Crippen molar-refractivity contribution >= 4 is 29.2 Å². The molecular weight excluding hydrogens is 338 g/mol. The van der Waals surface area contributed by atoms with E-state index in [1.54, 1.807) is 36.4 Å². The van der Waals surface area contributed by atoms with Crippen molar-refractivity contribution in [2.24, 2.45) is 0 Å². The maximum atomic E-state index is 12.2. The molecule has 132 valence electrons. The minimum atomic E-state index is -0.922. The molecule has 0 radical (unpaired) electrons. The van der Waals surface area contributed by atoms with Gasteiger partial charge >= 0.3 is 5.97 Å².